The summed E-state index contributed by atoms with van der Waals surface area (Å²) >= 11 is 0. The molecule has 0 aliphatic heterocycles. The highest BCUT2D eigenvalue weighted by Crippen LogP contribution is 2.21. The van der Waals surface area contributed by atoms with Crippen molar-refractivity contribution in [2.45, 2.75) is 113 Å². The van der Waals surface area contributed by atoms with Crippen LogP contribution in [0.2, 0.25) is 0 Å². The molecule has 0 aliphatic carbocycles. The van der Waals surface area contributed by atoms with E-state index in [9.17, 15) is 14.4 Å². The maximum absolute atomic E-state index is 12.8. The molecule has 0 spiro atoms. The van der Waals surface area contributed by atoms with E-state index in [4.69, 9.17) is 25.3 Å². The SMILES string of the molecule is CC(C)(CN=[N+]=[N-])COCC(C)(C)CNC(=O)CCC(CCC(=O)NCC(C)(C)COCC(C)(C)CN=[N+]=[N-])NC(=O)OC(C)(C)C. The number of carbonyl (C=O) groups excluding carboxylic acids is 3. The maximum Gasteiger partial charge on any atom is 0.407 e. The van der Waals surface area contributed by atoms with Crippen LogP contribution >= 0.6 is 0 Å². The molecular weight excluding hydrogens is 606 g/mol. The zero-order valence-electron chi connectivity index (χ0n) is 30.7. The van der Waals surface area contributed by atoms with Gasteiger partial charge in [-0.2, -0.15) is 0 Å². The molecule has 0 aromatic carbocycles. The number of nitrogens with zero attached hydrogens (tertiary/aromatic N) is 6. The number of carbonyl (C=O) groups is 3. The van der Waals surface area contributed by atoms with E-state index in [1.165, 1.54) is 0 Å². The van der Waals surface area contributed by atoms with Gasteiger partial charge < -0.3 is 30.2 Å². The number of alkyl carbamates (subject to hydrolysis) is 1. The molecule has 0 bridgehead atoms. The molecule has 270 valence electrons. The number of nitrogens with one attached hydrogen (secondary N) is 3. The predicted molar refractivity (Wildman–Crippen MR) is 182 cm³/mol. The summed E-state index contributed by atoms with van der Waals surface area (Å²) in [4.78, 5) is 43.6. The first-order chi connectivity index (χ1) is 21.5. The zero-order chi connectivity index (χ0) is 36.4. The van der Waals surface area contributed by atoms with Crippen LogP contribution in [0.4, 0.5) is 4.79 Å². The fraction of sp³-hybridized carbons (Fsp3) is 0.906. The standard InChI is InChI=1S/C32H61N9O6/c1-28(2,3)47-27(44)39-24(12-14-25(42)35-16-29(4,5)20-45-22-31(8,9)18-37-40-33)13-15-26(43)36-17-30(6,7)21-46-23-32(10,11)19-38-41-34/h24H,12-23H2,1-11H3,(H,35,42)(H,36,43)(H,39,44). The van der Waals surface area contributed by atoms with Gasteiger partial charge in [-0.1, -0.05) is 65.6 Å². The van der Waals surface area contributed by atoms with Gasteiger partial charge in [0.25, 0.3) is 0 Å². The third-order valence-corrected chi connectivity index (χ3v) is 6.78. The molecule has 0 radical (unpaired) electrons. The number of hydrogen-bond donors (Lipinski definition) is 3. The Hall–Kier alpha value is -3.25. The number of azide groups is 2. The predicted octanol–water partition coefficient (Wildman–Crippen LogP) is 6.43. The molecule has 0 aromatic heterocycles. The molecule has 0 saturated heterocycles. The van der Waals surface area contributed by atoms with Crippen LogP contribution in [0.1, 0.15) is 102 Å². The lowest BCUT2D eigenvalue weighted by molar-refractivity contribution is -0.122. The van der Waals surface area contributed by atoms with Gasteiger partial charge >= 0.3 is 6.09 Å². The van der Waals surface area contributed by atoms with Crippen molar-refractivity contribution >= 4 is 17.9 Å². The minimum absolute atomic E-state index is 0.151. The number of rotatable bonds is 23. The van der Waals surface area contributed by atoms with Crippen LogP contribution in [0.25, 0.3) is 20.9 Å². The lowest BCUT2D eigenvalue weighted by Gasteiger charge is -2.29. The second kappa shape index (κ2) is 20.2. The van der Waals surface area contributed by atoms with Crippen molar-refractivity contribution in [2.24, 2.45) is 31.9 Å². The summed E-state index contributed by atoms with van der Waals surface area (Å²) in [5.74, 6) is -0.349. The van der Waals surface area contributed by atoms with Gasteiger partial charge in [0.15, 0.2) is 0 Å². The van der Waals surface area contributed by atoms with Crippen molar-refractivity contribution in [1.82, 2.24) is 16.0 Å². The second-order valence-corrected chi connectivity index (χ2v) is 16.4. The van der Waals surface area contributed by atoms with Crippen molar-refractivity contribution in [3.63, 3.8) is 0 Å². The van der Waals surface area contributed by atoms with Crippen LogP contribution in [-0.4, -0.2) is 82.2 Å². The van der Waals surface area contributed by atoms with Crippen molar-refractivity contribution in [2.75, 3.05) is 52.6 Å². The largest absolute Gasteiger partial charge is 0.444 e. The molecule has 0 atom stereocenters. The first-order valence-electron chi connectivity index (χ1n) is 16.2. The molecule has 0 heterocycles. The zero-order valence-corrected chi connectivity index (χ0v) is 30.7. The molecule has 15 nitrogen and oxygen atoms in total. The number of ether oxygens (including phenoxy) is 3. The third kappa shape index (κ3) is 24.6. The summed E-state index contributed by atoms with van der Waals surface area (Å²) in [5.41, 5.74) is 15.2. The van der Waals surface area contributed by atoms with Crippen LogP contribution in [0.3, 0.4) is 0 Å². The second-order valence-electron chi connectivity index (χ2n) is 16.4. The Balaban J connectivity index is 4.93. The number of hydrogen-bond acceptors (Lipinski definition) is 8. The highest BCUT2D eigenvalue weighted by Gasteiger charge is 2.26. The van der Waals surface area contributed by atoms with E-state index in [1.54, 1.807) is 20.8 Å². The minimum atomic E-state index is -0.693. The fourth-order valence-electron chi connectivity index (χ4n) is 4.07. The first kappa shape index (κ1) is 43.8. The van der Waals surface area contributed by atoms with Crippen LogP contribution in [-0.2, 0) is 23.8 Å². The summed E-state index contributed by atoms with van der Waals surface area (Å²) in [6.07, 6.45) is 0.352. The molecule has 0 fully saturated rings. The van der Waals surface area contributed by atoms with E-state index in [1.807, 2.05) is 55.4 Å². The Morgan fingerprint density at radius 1 is 0.638 bits per heavy atom. The molecule has 3 N–H and O–H groups in total. The summed E-state index contributed by atoms with van der Waals surface area (Å²) < 4.78 is 17.1. The highest BCUT2D eigenvalue weighted by atomic mass is 16.6. The normalized spacial score (nSPS) is 13.1. The average Bonchev–Trinajstić information content (AvgIpc) is 2.93. The quantitative estimate of drug-likeness (QED) is 0.0634. The summed E-state index contributed by atoms with van der Waals surface area (Å²) in [5, 5.41) is 16.0. The number of amides is 3. The van der Waals surface area contributed by atoms with Crippen molar-refractivity contribution in [3.8, 4) is 0 Å². The Labute approximate surface area is 281 Å². The van der Waals surface area contributed by atoms with E-state index in [0.29, 0.717) is 65.4 Å². The molecule has 15 heteroatoms. The van der Waals surface area contributed by atoms with Crippen LogP contribution in [0, 0.1) is 21.7 Å². The topological polar surface area (TPSA) is 213 Å². The van der Waals surface area contributed by atoms with E-state index >= 15 is 0 Å². The van der Waals surface area contributed by atoms with Gasteiger partial charge in [0.05, 0.1) is 26.4 Å². The smallest absolute Gasteiger partial charge is 0.407 e. The molecule has 0 rings (SSSR count). The molecule has 3 amide bonds. The van der Waals surface area contributed by atoms with Crippen LogP contribution in [0.15, 0.2) is 10.2 Å². The molecule has 47 heavy (non-hydrogen) atoms. The van der Waals surface area contributed by atoms with Crippen molar-refractivity contribution in [1.29, 1.82) is 0 Å². The highest BCUT2D eigenvalue weighted by molar-refractivity contribution is 5.77. The van der Waals surface area contributed by atoms with Gasteiger partial charge in [-0.05, 0) is 55.5 Å². The summed E-state index contributed by atoms with van der Waals surface area (Å²) in [7, 11) is 0. The van der Waals surface area contributed by atoms with Crippen molar-refractivity contribution < 1.29 is 28.6 Å². The Bertz CT molecular complexity index is 1020. The first-order valence-corrected chi connectivity index (χ1v) is 16.2. The van der Waals surface area contributed by atoms with E-state index < -0.39 is 17.7 Å². The van der Waals surface area contributed by atoms with Gasteiger partial charge in [0, 0.05) is 65.7 Å². The molecular formula is C32H61N9O6. The monoisotopic (exact) mass is 667 g/mol. The molecule has 0 saturated carbocycles. The minimum Gasteiger partial charge on any atom is -0.444 e. The average molecular weight is 668 g/mol. The Morgan fingerprint density at radius 3 is 1.34 bits per heavy atom. The molecule has 0 unspecified atom stereocenters. The van der Waals surface area contributed by atoms with E-state index in [0.717, 1.165) is 0 Å². The molecule has 0 aromatic rings. The summed E-state index contributed by atoms with van der Waals surface area (Å²) in [6, 6.07) is -0.453. The third-order valence-electron chi connectivity index (χ3n) is 6.78. The fourth-order valence-corrected chi connectivity index (χ4v) is 4.07. The van der Waals surface area contributed by atoms with Gasteiger partial charge in [-0.25, -0.2) is 4.79 Å². The van der Waals surface area contributed by atoms with Crippen molar-refractivity contribution in [3.05, 3.63) is 20.9 Å². The van der Waals surface area contributed by atoms with E-state index in [-0.39, 0.29) is 46.3 Å². The Morgan fingerprint density at radius 2 is 1.00 bits per heavy atom. The van der Waals surface area contributed by atoms with Crippen LogP contribution < -0.4 is 16.0 Å². The Kier molecular flexibility index (Phi) is 18.8. The van der Waals surface area contributed by atoms with E-state index in [2.05, 4.69) is 36.0 Å². The maximum atomic E-state index is 12.8. The van der Waals surface area contributed by atoms with Gasteiger partial charge in [-0.3, -0.25) is 9.59 Å². The van der Waals surface area contributed by atoms with Gasteiger partial charge in [-0.15, -0.1) is 0 Å². The lowest BCUT2D eigenvalue weighted by Crippen LogP contribution is -2.42. The van der Waals surface area contributed by atoms with Gasteiger partial charge in [0.2, 0.25) is 11.8 Å². The van der Waals surface area contributed by atoms with Crippen LogP contribution in [0.5, 0.6) is 0 Å². The molecule has 0 aliphatic rings. The summed E-state index contributed by atoms with van der Waals surface area (Å²) in [6.45, 7) is 24.1. The van der Waals surface area contributed by atoms with Gasteiger partial charge in [0.1, 0.15) is 5.60 Å². The lowest BCUT2D eigenvalue weighted by atomic mass is 9.93.